The summed E-state index contributed by atoms with van der Waals surface area (Å²) in [5.41, 5.74) is -2.60. The van der Waals surface area contributed by atoms with Gasteiger partial charge in [-0.15, -0.1) is 0 Å². The van der Waals surface area contributed by atoms with Gasteiger partial charge in [-0.25, -0.2) is 9.18 Å². The average Bonchev–Trinajstić information content (AvgIpc) is 3.52. The minimum absolute atomic E-state index is 0.0153. The fraction of sp³-hybridized carbons (Fsp3) is 0.382. The first-order valence-corrected chi connectivity index (χ1v) is 15.2. The number of benzene rings is 3. The van der Waals surface area contributed by atoms with Gasteiger partial charge in [0.25, 0.3) is 5.91 Å². The first-order valence-electron chi connectivity index (χ1n) is 15.2. The molecule has 3 aromatic rings. The maximum absolute atomic E-state index is 13.8. The van der Waals surface area contributed by atoms with Crippen molar-refractivity contribution in [3.05, 3.63) is 101 Å². The SMILES string of the molecule is CN(C(=O)N(C)[C@@H]1CN(C(=O)C2CCN(C(=O)c3ccccc3)CC2)C[C@H]1c1ccc(F)cc1)c1cc(C(F)(F)F)cc(C(F)(F)F)c1. The minimum atomic E-state index is -5.10. The molecule has 4 amide bonds. The van der Waals surface area contributed by atoms with E-state index in [9.17, 15) is 45.1 Å². The van der Waals surface area contributed by atoms with Gasteiger partial charge in [-0.1, -0.05) is 30.3 Å². The number of nitrogens with zero attached hydrogens (tertiary/aromatic N) is 4. The summed E-state index contributed by atoms with van der Waals surface area (Å²) in [7, 11) is 2.43. The van der Waals surface area contributed by atoms with Crippen molar-refractivity contribution in [3.63, 3.8) is 0 Å². The van der Waals surface area contributed by atoms with Crippen molar-refractivity contribution < 1.29 is 45.1 Å². The van der Waals surface area contributed by atoms with Crippen LogP contribution in [0.1, 0.15) is 45.8 Å². The second-order valence-electron chi connectivity index (χ2n) is 12.1. The monoisotopic (exact) mass is 678 g/mol. The van der Waals surface area contributed by atoms with Gasteiger partial charge in [-0.3, -0.25) is 14.5 Å². The molecule has 5 rings (SSSR count). The number of carbonyl (C=O) groups is 3. The third-order valence-corrected chi connectivity index (χ3v) is 9.10. The fourth-order valence-corrected chi connectivity index (χ4v) is 6.37. The summed E-state index contributed by atoms with van der Waals surface area (Å²) >= 11 is 0. The number of carbonyl (C=O) groups excluding carboxylic acids is 3. The predicted octanol–water partition coefficient (Wildman–Crippen LogP) is 6.90. The zero-order valence-electron chi connectivity index (χ0n) is 26.1. The van der Waals surface area contributed by atoms with E-state index >= 15 is 0 Å². The molecule has 0 radical (unpaired) electrons. The van der Waals surface area contributed by atoms with E-state index in [0.717, 1.165) is 7.05 Å². The summed E-state index contributed by atoms with van der Waals surface area (Å²) in [6, 6.07) is 13.5. The van der Waals surface area contributed by atoms with Crippen LogP contribution in [-0.4, -0.2) is 78.9 Å². The summed E-state index contributed by atoms with van der Waals surface area (Å²) < 4.78 is 94.9. The third kappa shape index (κ3) is 7.42. The minimum Gasteiger partial charge on any atom is -0.340 e. The lowest BCUT2D eigenvalue weighted by atomic mass is 9.93. The Hall–Kier alpha value is -4.62. The quantitative estimate of drug-likeness (QED) is 0.276. The third-order valence-electron chi connectivity index (χ3n) is 9.10. The van der Waals surface area contributed by atoms with E-state index in [1.807, 2.05) is 6.07 Å². The molecule has 48 heavy (non-hydrogen) atoms. The molecule has 2 heterocycles. The van der Waals surface area contributed by atoms with E-state index in [4.69, 9.17) is 0 Å². The summed E-state index contributed by atoms with van der Waals surface area (Å²) in [5, 5.41) is 0. The second-order valence-corrected chi connectivity index (χ2v) is 12.1. The van der Waals surface area contributed by atoms with Crippen molar-refractivity contribution in [1.29, 1.82) is 0 Å². The number of alkyl halides is 6. The van der Waals surface area contributed by atoms with E-state index in [0.29, 0.717) is 54.1 Å². The predicted molar refractivity (Wildman–Crippen MR) is 163 cm³/mol. The van der Waals surface area contributed by atoms with E-state index in [2.05, 4.69) is 0 Å². The van der Waals surface area contributed by atoms with Crippen molar-refractivity contribution >= 4 is 23.5 Å². The van der Waals surface area contributed by atoms with Gasteiger partial charge >= 0.3 is 18.4 Å². The Morgan fingerprint density at radius 3 is 1.85 bits per heavy atom. The van der Waals surface area contributed by atoms with Crippen LogP contribution in [0, 0.1) is 11.7 Å². The zero-order chi connectivity index (χ0) is 35.0. The van der Waals surface area contributed by atoms with Crippen LogP contribution in [0.4, 0.5) is 41.2 Å². The Labute approximate surface area is 272 Å². The van der Waals surface area contributed by atoms with Crippen LogP contribution >= 0.6 is 0 Å². The standard InChI is InChI=1S/C34H33F7N4O3/c1-42(27-17-24(33(36,37)38)16-25(18-27)34(39,40)41)32(48)43(2)29-20-45(19-28(29)21-8-10-26(35)11-9-21)31(47)23-12-14-44(15-13-23)30(46)22-6-4-3-5-7-22/h3-11,16-18,23,28-29H,12-15,19-20H2,1-2H3/t28-,29+/m0/s1. The highest BCUT2D eigenvalue weighted by atomic mass is 19.4. The number of urea groups is 1. The summed E-state index contributed by atoms with van der Waals surface area (Å²) in [4.78, 5) is 45.5. The number of amides is 4. The highest BCUT2D eigenvalue weighted by molar-refractivity contribution is 5.94. The molecule has 0 spiro atoms. The molecule has 2 aliphatic heterocycles. The Bertz CT molecular complexity index is 1610. The Balaban J connectivity index is 1.35. The van der Waals surface area contributed by atoms with Crippen LogP contribution in [0.3, 0.4) is 0 Å². The molecule has 14 heteroatoms. The molecule has 0 unspecified atom stereocenters. The number of rotatable bonds is 5. The normalized spacial score (nSPS) is 18.9. The summed E-state index contributed by atoms with van der Waals surface area (Å²) in [6.07, 6.45) is -9.38. The number of hydrogen-bond donors (Lipinski definition) is 0. The highest BCUT2D eigenvalue weighted by Gasteiger charge is 2.43. The molecule has 2 aliphatic rings. The summed E-state index contributed by atoms with van der Waals surface area (Å²) in [6.45, 7) is 0.893. The van der Waals surface area contributed by atoms with Gasteiger partial charge in [-0.05, 0) is 60.9 Å². The van der Waals surface area contributed by atoms with Gasteiger partial charge in [0.2, 0.25) is 5.91 Å². The van der Waals surface area contributed by atoms with Crippen molar-refractivity contribution in [2.75, 3.05) is 45.2 Å². The first kappa shape index (κ1) is 34.7. The van der Waals surface area contributed by atoms with E-state index in [-0.39, 0.29) is 31.0 Å². The van der Waals surface area contributed by atoms with Crippen LogP contribution in [-0.2, 0) is 17.1 Å². The van der Waals surface area contributed by atoms with Gasteiger partial charge in [0.05, 0.1) is 17.2 Å². The molecule has 0 aromatic heterocycles. The lowest BCUT2D eigenvalue weighted by Gasteiger charge is -2.34. The molecule has 0 aliphatic carbocycles. The molecule has 0 N–H and O–H groups in total. The molecular weight excluding hydrogens is 645 g/mol. The van der Waals surface area contributed by atoms with Crippen molar-refractivity contribution in [1.82, 2.24) is 14.7 Å². The van der Waals surface area contributed by atoms with Crippen LogP contribution in [0.15, 0.2) is 72.8 Å². The molecule has 0 saturated carbocycles. The smallest absolute Gasteiger partial charge is 0.340 e. The Morgan fingerprint density at radius 1 is 0.750 bits per heavy atom. The number of halogens is 7. The number of hydrogen-bond acceptors (Lipinski definition) is 3. The van der Waals surface area contributed by atoms with E-state index in [1.54, 1.807) is 34.1 Å². The molecule has 7 nitrogen and oxygen atoms in total. The van der Waals surface area contributed by atoms with E-state index < -0.39 is 58.9 Å². The topological polar surface area (TPSA) is 64.2 Å². The van der Waals surface area contributed by atoms with Crippen LogP contribution in [0.5, 0.6) is 0 Å². The average molecular weight is 679 g/mol. The largest absolute Gasteiger partial charge is 0.416 e. The fourth-order valence-electron chi connectivity index (χ4n) is 6.37. The van der Waals surface area contributed by atoms with Gasteiger partial charge in [-0.2, -0.15) is 26.3 Å². The van der Waals surface area contributed by atoms with E-state index in [1.165, 1.54) is 36.2 Å². The van der Waals surface area contributed by atoms with Crippen molar-refractivity contribution in [3.8, 4) is 0 Å². The van der Waals surface area contributed by atoms with Gasteiger partial charge < -0.3 is 14.7 Å². The Morgan fingerprint density at radius 2 is 1.31 bits per heavy atom. The van der Waals surface area contributed by atoms with Gasteiger partial charge in [0.1, 0.15) is 5.82 Å². The van der Waals surface area contributed by atoms with Crippen molar-refractivity contribution in [2.24, 2.45) is 5.92 Å². The molecule has 256 valence electrons. The molecule has 3 aromatic carbocycles. The van der Waals surface area contributed by atoms with Crippen LogP contribution in [0.2, 0.25) is 0 Å². The van der Waals surface area contributed by atoms with Crippen LogP contribution in [0.25, 0.3) is 0 Å². The zero-order valence-corrected chi connectivity index (χ0v) is 26.1. The number of anilines is 1. The van der Waals surface area contributed by atoms with Gasteiger partial charge in [0.15, 0.2) is 0 Å². The lowest BCUT2D eigenvalue weighted by molar-refractivity contribution is -0.143. The molecule has 2 fully saturated rings. The molecule has 2 saturated heterocycles. The van der Waals surface area contributed by atoms with Gasteiger partial charge in [0, 0.05) is 63.4 Å². The Kier molecular flexibility index (Phi) is 9.74. The molecule has 0 bridgehead atoms. The number of likely N-dealkylation sites (tertiary alicyclic amines) is 2. The summed E-state index contributed by atoms with van der Waals surface area (Å²) in [5.74, 6) is -1.78. The molecule has 2 atom stereocenters. The maximum Gasteiger partial charge on any atom is 0.416 e. The number of likely N-dealkylation sites (N-methyl/N-ethyl adjacent to an activating group) is 1. The maximum atomic E-state index is 13.8. The van der Waals surface area contributed by atoms with Crippen molar-refractivity contribution in [2.45, 2.75) is 37.2 Å². The molecular formula is C34H33F7N4O3. The highest BCUT2D eigenvalue weighted by Crippen LogP contribution is 2.39. The number of piperidine rings is 1. The lowest BCUT2D eigenvalue weighted by Crippen LogP contribution is -2.48. The first-order chi connectivity index (χ1) is 22.5. The second kappa shape index (κ2) is 13.5. The van der Waals surface area contributed by atoms with Crippen LogP contribution < -0.4 is 4.90 Å².